The average molecular weight is 248 g/mol. The Morgan fingerprint density at radius 3 is 2.28 bits per heavy atom. The molecule has 0 amide bonds. The predicted molar refractivity (Wildman–Crippen MR) is 83.2 cm³/mol. The van der Waals surface area contributed by atoms with Gasteiger partial charge in [0.05, 0.1) is 0 Å². The van der Waals surface area contributed by atoms with Gasteiger partial charge in [-0.1, -0.05) is 42.0 Å². The van der Waals surface area contributed by atoms with Gasteiger partial charge in [-0.15, -0.1) is 8.19 Å². The summed E-state index contributed by atoms with van der Waals surface area (Å²) in [5, 5.41) is 8.55. The number of hydrogen-bond donors (Lipinski definition) is 0. The fourth-order valence-electron chi connectivity index (χ4n) is 2.71. The predicted octanol–water partition coefficient (Wildman–Crippen LogP) is 5.49. The molecule has 18 heavy (non-hydrogen) atoms. The highest BCUT2D eigenvalue weighted by Crippen LogP contribution is 2.39. The van der Waals surface area contributed by atoms with Crippen LogP contribution in [0.2, 0.25) is 0 Å². The number of benzene rings is 3. The molecule has 1 unspecified atom stereocenters. The lowest BCUT2D eigenvalue weighted by Crippen LogP contribution is -1.72. The minimum atomic E-state index is 0.810. The van der Waals surface area contributed by atoms with Crippen molar-refractivity contribution in [2.24, 2.45) is 0 Å². The van der Waals surface area contributed by atoms with E-state index in [9.17, 15) is 0 Å². The maximum absolute atomic E-state index is 2.36. The van der Waals surface area contributed by atoms with Crippen LogP contribution in [0.25, 0.3) is 31.8 Å². The third-order valence-corrected chi connectivity index (χ3v) is 4.99. The van der Waals surface area contributed by atoms with Crippen LogP contribution in [0.1, 0.15) is 5.56 Å². The lowest BCUT2D eigenvalue weighted by molar-refractivity contribution is 1.52. The Kier molecular flexibility index (Phi) is 2.04. The minimum Gasteiger partial charge on any atom is -0.123 e. The van der Waals surface area contributed by atoms with Gasteiger partial charge in [-0.3, -0.25) is 0 Å². The lowest BCUT2D eigenvalue weighted by Gasteiger charge is -1.98. The molecule has 0 aliphatic heterocycles. The van der Waals surface area contributed by atoms with Gasteiger partial charge in [-0.2, -0.15) is 0 Å². The van der Waals surface area contributed by atoms with Crippen LogP contribution in [0.3, 0.4) is 0 Å². The molecular formula is C17H13P. The average Bonchev–Trinajstić information content (AvgIpc) is 2.72. The van der Waals surface area contributed by atoms with Gasteiger partial charge in [0.25, 0.3) is 0 Å². The van der Waals surface area contributed by atoms with Crippen LogP contribution in [0.15, 0.2) is 54.6 Å². The molecule has 0 saturated heterocycles. The van der Waals surface area contributed by atoms with Gasteiger partial charge >= 0.3 is 0 Å². The zero-order valence-electron chi connectivity index (χ0n) is 10.2. The van der Waals surface area contributed by atoms with E-state index in [-0.39, 0.29) is 0 Å². The summed E-state index contributed by atoms with van der Waals surface area (Å²) in [7, 11) is 0.810. The van der Waals surface area contributed by atoms with Crippen molar-refractivity contribution in [1.29, 1.82) is 0 Å². The maximum Gasteiger partial charge on any atom is 0.0000347 e. The van der Waals surface area contributed by atoms with E-state index in [4.69, 9.17) is 0 Å². The van der Waals surface area contributed by atoms with Crippen LogP contribution < -0.4 is 0 Å². The van der Waals surface area contributed by atoms with E-state index in [0.717, 1.165) is 8.19 Å². The zero-order chi connectivity index (χ0) is 12.1. The highest BCUT2D eigenvalue weighted by Gasteiger charge is 2.05. The molecule has 0 N–H and O–H groups in total. The summed E-state index contributed by atoms with van der Waals surface area (Å²) < 4.78 is 0. The Labute approximate surface area is 107 Å². The Bertz CT molecular complexity index is 884. The van der Waals surface area contributed by atoms with E-state index in [1.54, 1.807) is 0 Å². The summed E-state index contributed by atoms with van der Waals surface area (Å²) in [6.07, 6.45) is 0. The summed E-state index contributed by atoms with van der Waals surface area (Å²) in [6.45, 7) is 2.17. The Morgan fingerprint density at radius 2 is 1.44 bits per heavy atom. The fourth-order valence-corrected chi connectivity index (χ4v) is 4.22. The summed E-state index contributed by atoms with van der Waals surface area (Å²) in [4.78, 5) is 0. The third-order valence-electron chi connectivity index (χ3n) is 3.62. The molecule has 0 saturated carbocycles. The standard InChI is InChI=1S/C17H13P/c1-11-6-7-14-15-9-12-4-2-3-5-13(12)10-17(15)18-16(14)8-11/h2-10,18H,1H3. The molecule has 3 aromatic carbocycles. The first-order valence-electron chi connectivity index (χ1n) is 6.22. The summed E-state index contributed by atoms with van der Waals surface area (Å²) in [5.41, 5.74) is 1.36. The van der Waals surface area contributed by atoms with Gasteiger partial charge < -0.3 is 0 Å². The quantitative estimate of drug-likeness (QED) is 0.386. The number of hydrogen-bond acceptors (Lipinski definition) is 0. The van der Waals surface area contributed by atoms with E-state index in [1.165, 1.54) is 37.3 Å². The molecule has 1 aromatic heterocycles. The highest BCUT2D eigenvalue weighted by atomic mass is 31.0. The number of aryl methyl sites for hydroxylation is 1. The molecule has 4 rings (SSSR count). The molecule has 0 aliphatic rings. The third kappa shape index (κ3) is 1.39. The SMILES string of the molecule is Cc1ccc2c(c1)[pH]c1cc3ccccc3cc12. The Hall–Kier alpha value is -1.78. The van der Waals surface area contributed by atoms with E-state index in [2.05, 4.69) is 61.5 Å². The number of rotatable bonds is 0. The van der Waals surface area contributed by atoms with Gasteiger partial charge in [-0.25, -0.2) is 0 Å². The molecule has 86 valence electrons. The van der Waals surface area contributed by atoms with Crippen molar-refractivity contribution in [1.82, 2.24) is 0 Å². The maximum atomic E-state index is 2.36. The van der Waals surface area contributed by atoms with E-state index < -0.39 is 0 Å². The molecule has 1 heteroatoms. The van der Waals surface area contributed by atoms with Crippen LogP contribution in [-0.2, 0) is 0 Å². The fraction of sp³-hybridized carbons (Fsp3) is 0.0588. The molecule has 4 aromatic rings. The molecule has 0 nitrogen and oxygen atoms in total. The number of fused-ring (bicyclic) bond motifs is 4. The second-order valence-electron chi connectivity index (χ2n) is 4.92. The van der Waals surface area contributed by atoms with Crippen LogP contribution in [0.5, 0.6) is 0 Å². The van der Waals surface area contributed by atoms with Crippen molar-refractivity contribution in [3.63, 3.8) is 0 Å². The van der Waals surface area contributed by atoms with Gasteiger partial charge in [0.1, 0.15) is 0 Å². The van der Waals surface area contributed by atoms with Crippen molar-refractivity contribution in [3.8, 4) is 0 Å². The normalized spacial score (nSPS) is 12.1. The molecule has 0 bridgehead atoms. The second kappa shape index (κ2) is 3.60. The Morgan fingerprint density at radius 1 is 0.722 bits per heavy atom. The van der Waals surface area contributed by atoms with Gasteiger partial charge in [0.15, 0.2) is 0 Å². The highest BCUT2D eigenvalue weighted by molar-refractivity contribution is 7.44. The van der Waals surface area contributed by atoms with Crippen LogP contribution >= 0.6 is 8.19 Å². The topological polar surface area (TPSA) is 0 Å². The van der Waals surface area contributed by atoms with Crippen molar-refractivity contribution in [2.45, 2.75) is 6.92 Å². The minimum absolute atomic E-state index is 0.810. The first kappa shape index (κ1) is 10.2. The first-order chi connectivity index (χ1) is 8.81. The van der Waals surface area contributed by atoms with Gasteiger partial charge in [0.2, 0.25) is 0 Å². The molecular weight excluding hydrogens is 235 g/mol. The van der Waals surface area contributed by atoms with Crippen molar-refractivity contribution >= 4 is 40.0 Å². The Balaban J connectivity index is 2.23. The largest absolute Gasteiger partial charge is 0.123 e. The molecule has 0 radical (unpaired) electrons. The molecule has 1 atom stereocenters. The lowest BCUT2D eigenvalue weighted by atomic mass is 10.1. The molecule has 0 aliphatic carbocycles. The van der Waals surface area contributed by atoms with Crippen LogP contribution in [0.4, 0.5) is 0 Å². The summed E-state index contributed by atoms with van der Waals surface area (Å²) in [5.74, 6) is 0. The van der Waals surface area contributed by atoms with Gasteiger partial charge in [0, 0.05) is 5.12 Å². The van der Waals surface area contributed by atoms with Crippen LogP contribution in [0, 0.1) is 6.92 Å². The summed E-state index contributed by atoms with van der Waals surface area (Å²) in [6, 6.07) is 20.2. The van der Waals surface area contributed by atoms with Crippen molar-refractivity contribution in [3.05, 3.63) is 60.2 Å². The summed E-state index contributed by atoms with van der Waals surface area (Å²) >= 11 is 0. The van der Waals surface area contributed by atoms with E-state index >= 15 is 0 Å². The monoisotopic (exact) mass is 248 g/mol. The smallest absolute Gasteiger partial charge is 0.0000347 e. The van der Waals surface area contributed by atoms with Crippen LogP contribution in [-0.4, -0.2) is 0 Å². The van der Waals surface area contributed by atoms with E-state index in [0.29, 0.717) is 0 Å². The molecule has 1 heterocycles. The van der Waals surface area contributed by atoms with Crippen molar-refractivity contribution < 1.29 is 0 Å². The zero-order valence-corrected chi connectivity index (χ0v) is 11.2. The van der Waals surface area contributed by atoms with Crippen molar-refractivity contribution in [2.75, 3.05) is 0 Å². The molecule has 0 spiro atoms. The van der Waals surface area contributed by atoms with E-state index in [1.807, 2.05) is 0 Å². The first-order valence-corrected chi connectivity index (χ1v) is 7.22. The second-order valence-corrected chi connectivity index (χ2v) is 6.25. The van der Waals surface area contributed by atoms with Gasteiger partial charge in [-0.05, 0) is 51.8 Å². The molecule has 0 fully saturated rings.